The summed E-state index contributed by atoms with van der Waals surface area (Å²) in [6, 6.07) is 3.54. The molecular weight excluding hydrogens is 242 g/mol. The Balaban J connectivity index is 1.98. The fourth-order valence-corrected chi connectivity index (χ4v) is 2.67. The molecule has 1 aliphatic carbocycles. The molecular formula is C14H21N3O2. The third kappa shape index (κ3) is 2.87. The number of nitrogens with one attached hydrogen (secondary N) is 1. The van der Waals surface area contributed by atoms with Gasteiger partial charge in [0.1, 0.15) is 0 Å². The van der Waals surface area contributed by atoms with Crippen LogP contribution < -0.4 is 15.8 Å². The SMILES string of the molecule is CCOc1ccc(NC(=O)C2(CN)CC(C)C2)cn1. The van der Waals surface area contributed by atoms with E-state index in [0.29, 0.717) is 30.6 Å². The molecule has 5 nitrogen and oxygen atoms in total. The van der Waals surface area contributed by atoms with Crippen LogP contribution in [0.1, 0.15) is 26.7 Å². The lowest BCUT2D eigenvalue weighted by atomic mass is 9.62. The van der Waals surface area contributed by atoms with Crippen LogP contribution in [0.25, 0.3) is 0 Å². The molecule has 0 aliphatic heterocycles. The van der Waals surface area contributed by atoms with Gasteiger partial charge in [-0.15, -0.1) is 0 Å². The van der Waals surface area contributed by atoms with Crippen LogP contribution in [0.15, 0.2) is 18.3 Å². The fourth-order valence-electron chi connectivity index (χ4n) is 2.67. The van der Waals surface area contributed by atoms with Crippen molar-refractivity contribution in [3.05, 3.63) is 18.3 Å². The molecule has 0 bridgehead atoms. The van der Waals surface area contributed by atoms with Gasteiger partial charge in [-0.25, -0.2) is 4.98 Å². The van der Waals surface area contributed by atoms with E-state index < -0.39 is 5.41 Å². The molecule has 0 radical (unpaired) electrons. The Morgan fingerprint density at radius 2 is 2.32 bits per heavy atom. The Labute approximate surface area is 113 Å². The van der Waals surface area contributed by atoms with Crippen molar-refractivity contribution in [2.45, 2.75) is 26.7 Å². The van der Waals surface area contributed by atoms with Crippen LogP contribution in [0, 0.1) is 11.3 Å². The number of hydrogen-bond donors (Lipinski definition) is 2. The molecule has 0 aromatic carbocycles. The van der Waals surface area contributed by atoms with Crippen molar-refractivity contribution >= 4 is 11.6 Å². The summed E-state index contributed by atoms with van der Waals surface area (Å²) >= 11 is 0. The fraction of sp³-hybridized carbons (Fsp3) is 0.571. The van der Waals surface area contributed by atoms with Gasteiger partial charge in [-0.05, 0) is 31.7 Å². The van der Waals surface area contributed by atoms with E-state index in [1.165, 1.54) is 0 Å². The van der Waals surface area contributed by atoms with E-state index in [1.807, 2.05) is 6.92 Å². The van der Waals surface area contributed by atoms with Gasteiger partial charge in [-0.2, -0.15) is 0 Å². The second kappa shape index (κ2) is 5.57. The lowest BCUT2D eigenvalue weighted by Gasteiger charge is -2.44. The number of nitrogens with zero attached hydrogens (tertiary/aromatic N) is 1. The van der Waals surface area contributed by atoms with Gasteiger partial charge in [0.25, 0.3) is 0 Å². The molecule has 1 amide bonds. The Hall–Kier alpha value is -1.62. The van der Waals surface area contributed by atoms with Gasteiger partial charge in [0.05, 0.1) is 23.9 Å². The first-order chi connectivity index (χ1) is 9.09. The third-order valence-electron chi connectivity index (χ3n) is 3.64. The minimum atomic E-state index is -0.391. The number of pyridine rings is 1. The highest BCUT2D eigenvalue weighted by molar-refractivity contribution is 5.96. The van der Waals surface area contributed by atoms with Crippen LogP contribution in [0.5, 0.6) is 5.88 Å². The molecule has 1 heterocycles. The second-order valence-corrected chi connectivity index (χ2v) is 5.27. The van der Waals surface area contributed by atoms with Crippen molar-refractivity contribution in [1.82, 2.24) is 4.98 Å². The van der Waals surface area contributed by atoms with E-state index in [1.54, 1.807) is 18.3 Å². The maximum atomic E-state index is 12.3. The zero-order chi connectivity index (χ0) is 13.9. The first-order valence-electron chi connectivity index (χ1n) is 6.70. The van der Waals surface area contributed by atoms with Crippen molar-refractivity contribution < 1.29 is 9.53 Å². The molecule has 19 heavy (non-hydrogen) atoms. The van der Waals surface area contributed by atoms with E-state index in [-0.39, 0.29) is 5.91 Å². The summed E-state index contributed by atoms with van der Waals surface area (Å²) in [5, 5.41) is 2.89. The van der Waals surface area contributed by atoms with E-state index in [2.05, 4.69) is 17.2 Å². The predicted octanol–water partition coefficient (Wildman–Crippen LogP) is 1.79. The van der Waals surface area contributed by atoms with Gasteiger partial charge in [-0.3, -0.25) is 4.79 Å². The van der Waals surface area contributed by atoms with Crippen LogP contribution in [0.2, 0.25) is 0 Å². The molecule has 1 fully saturated rings. The number of rotatable bonds is 5. The molecule has 5 heteroatoms. The highest BCUT2D eigenvalue weighted by atomic mass is 16.5. The summed E-state index contributed by atoms with van der Waals surface area (Å²) in [5.74, 6) is 1.14. The maximum absolute atomic E-state index is 12.3. The molecule has 0 atom stereocenters. The summed E-state index contributed by atoms with van der Waals surface area (Å²) in [4.78, 5) is 16.4. The van der Waals surface area contributed by atoms with E-state index in [4.69, 9.17) is 10.5 Å². The van der Waals surface area contributed by atoms with Crippen LogP contribution in [0.3, 0.4) is 0 Å². The number of amides is 1. The van der Waals surface area contributed by atoms with Gasteiger partial charge in [0.2, 0.25) is 11.8 Å². The van der Waals surface area contributed by atoms with Crippen LogP contribution in [0.4, 0.5) is 5.69 Å². The van der Waals surface area contributed by atoms with Crippen LogP contribution >= 0.6 is 0 Å². The first kappa shape index (κ1) is 13.8. The number of hydrogen-bond acceptors (Lipinski definition) is 4. The van der Waals surface area contributed by atoms with Crippen molar-refractivity contribution in [3.63, 3.8) is 0 Å². The average Bonchev–Trinajstić information content (AvgIpc) is 2.37. The second-order valence-electron chi connectivity index (χ2n) is 5.27. The molecule has 1 saturated carbocycles. The number of ether oxygens (including phenoxy) is 1. The average molecular weight is 263 g/mol. The van der Waals surface area contributed by atoms with Gasteiger partial charge in [0.15, 0.2) is 0 Å². The minimum absolute atomic E-state index is 0.000870. The zero-order valence-electron chi connectivity index (χ0n) is 11.5. The normalized spacial score (nSPS) is 25.5. The van der Waals surface area contributed by atoms with E-state index >= 15 is 0 Å². The molecule has 104 valence electrons. The molecule has 0 saturated heterocycles. The molecule has 1 aliphatic rings. The monoisotopic (exact) mass is 263 g/mol. The topological polar surface area (TPSA) is 77.2 Å². The first-order valence-corrected chi connectivity index (χ1v) is 6.70. The lowest BCUT2D eigenvalue weighted by Crippen LogP contribution is -2.51. The minimum Gasteiger partial charge on any atom is -0.478 e. The smallest absolute Gasteiger partial charge is 0.231 e. The molecule has 3 N–H and O–H groups in total. The third-order valence-corrected chi connectivity index (χ3v) is 3.64. The van der Waals surface area contributed by atoms with Crippen molar-refractivity contribution in [1.29, 1.82) is 0 Å². The zero-order valence-corrected chi connectivity index (χ0v) is 11.5. The summed E-state index contributed by atoms with van der Waals surface area (Å²) in [5.41, 5.74) is 6.04. The van der Waals surface area contributed by atoms with Crippen molar-refractivity contribution in [2.75, 3.05) is 18.5 Å². The molecule has 2 rings (SSSR count). The van der Waals surface area contributed by atoms with Crippen LogP contribution in [-0.2, 0) is 4.79 Å². The highest BCUT2D eigenvalue weighted by Gasteiger charge is 2.47. The Kier molecular flexibility index (Phi) is 4.04. The largest absolute Gasteiger partial charge is 0.478 e. The van der Waals surface area contributed by atoms with Crippen molar-refractivity contribution in [3.8, 4) is 5.88 Å². The molecule has 1 aromatic heterocycles. The van der Waals surface area contributed by atoms with Gasteiger partial charge < -0.3 is 15.8 Å². The number of aromatic nitrogens is 1. The van der Waals surface area contributed by atoms with Gasteiger partial charge in [0, 0.05) is 12.6 Å². The Bertz CT molecular complexity index is 439. The molecule has 0 spiro atoms. The number of anilines is 1. The van der Waals surface area contributed by atoms with Gasteiger partial charge in [-0.1, -0.05) is 6.92 Å². The summed E-state index contributed by atoms with van der Waals surface area (Å²) in [6.07, 6.45) is 3.33. The summed E-state index contributed by atoms with van der Waals surface area (Å²) < 4.78 is 5.26. The summed E-state index contributed by atoms with van der Waals surface area (Å²) in [7, 11) is 0. The number of carbonyl (C=O) groups excluding carboxylic acids is 1. The van der Waals surface area contributed by atoms with Gasteiger partial charge >= 0.3 is 0 Å². The number of nitrogens with two attached hydrogens (primary N) is 1. The quantitative estimate of drug-likeness (QED) is 0.849. The van der Waals surface area contributed by atoms with Crippen molar-refractivity contribution in [2.24, 2.45) is 17.1 Å². The van der Waals surface area contributed by atoms with E-state index in [9.17, 15) is 4.79 Å². The Morgan fingerprint density at radius 3 is 2.79 bits per heavy atom. The van der Waals surface area contributed by atoms with Crippen LogP contribution in [-0.4, -0.2) is 24.0 Å². The molecule has 1 aromatic rings. The number of carbonyl (C=O) groups is 1. The standard InChI is InChI=1S/C14H21N3O2/c1-3-19-12-5-4-11(8-16-12)17-13(18)14(9-15)6-10(2)7-14/h4-5,8,10H,3,6-7,9,15H2,1-2H3,(H,17,18). The predicted molar refractivity (Wildman–Crippen MR) is 73.9 cm³/mol. The summed E-state index contributed by atoms with van der Waals surface area (Å²) in [6.45, 7) is 5.01. The molecule has 0 unspecified atom stereocenters. The maximum Gasteiger partial charge on any atom is 0.231 e. The van der Waals surface area contributed by atoms with E-state index in [0.717, 1.165) is 12.8 Å². The Morgan fingerprint density at radius 1 is 1.58 bits per heavy atom. The lowest BCUT2D eigenvalue weighted by molar-refractivity contribution is -0.132. The highest BCUT2D eigenvalue weighted by Crippen LogP contribution is 2.45.